The van der Waals surface area contributed by atoms with Crippen LogP contribution in [-0.4, -0.2) is 25.2 Å². The van der Waals surface area contributed by atoms with E-state index >= 15 is 0 Å². The summed E-state index contributed by atoms with van der Waals surface area (Å²) in [5, 5.41) is 0. The molecule has 1 aromatic rings. The Kier molecular flexibility index (Phi) is 4.33. The van der Waals surface area contributed by atoms with Gasteiger partial charge >= 0.3 is 5.97 Å². The van der Waals surface area contributed by atoms with E-state index in [1.807, 2.05) is 0 Å². The van der Waals surface area contributed by atoms with Crippen molar-refractivity contribution in [2.45, 2.75) is 13.0 Å². The van der Waals surface area contributed by atoms with Gasteiger partial charge in [-0.3, -0.25) is 0 Å². The van der Waals surface area contributed by atoms with Crippen LogP contribution in [0.15, 0.2) is 6.07 Å². The lowest BCUT2D eigenvalue weighted by molar-refractivity contribution is 0.0585. The van der Waals surface area contributed by atoms with Crippen LogP contribution in [0.25, 0.3) is 0 Å². The summed E-state index contributed by atoms with van der Waals surface area (Å²) in [6, 6.07) is 1.33. The molecule has 0 amide bonds. The van der Waals surface area contributed by atoms with Crippen LogP contribution in [-0.2, 0) is 11.3 Å². The summed E-state index contributed by atoms with van der Waals surface area (Å²) in [5.41, 5.74) is 4.62. The fourth-order valence-electron chi connectivity index (χ4n) is 1.35. The molecule has 94 valence electrons. The summed E-state index contributed by atoms with van der Waals surface area (Å²) < 4.78 is 34.8. The van der Waals surface area contributed by atoms with Gasteiger partial charge in [-0.1, -0.05) is 0 Å². The van der Waals surface area contributed by atoms with Crippen LogP contribution in [0, 0.1) is 0 Å². The van der Waals surface area contributed by atoms with Crippen molar-refractivity contribution in [1.29, 1.82) is 0 Å². The zero-order chi connectivity index (χ0) is 13.0. The van der Waals surface area contributed by atoms with Gasteiger partial charge in [-0.25, -0.2) is 18.6 Å². The van der Waals surface area contributed by atoms with Gasteiger partial charge in [-0.15, -0.1) is 0 Å². The zero-order valence-electron chi connectivity index (χ0n) is 9.37. The second kappa shape index (κ2) is 5.53. The van der Waals surface area contributed by atoms with Gasteiger partial charge in [0, 0.05) is 12.6 Å². The molecular formula is C10H12F2N2O3. The molecule has 0 saturated carbocycles. The minimum Gasteiger partial charge on any atom is -0.481 e. The standard InChI is InChI=1S/C10H12F2N2O3/c1-16-6-3-5(4-13)7(10(15)17-2)8(14-6)9(11)12/h3,9H,4,13H2,1-2H3. The predicted molar refractivity (Wildman–Crippen MR) is 55.0 cm³/mol. The lowest BCUT2D eigenvalue weighted by atomic mass is 10.1. The molecule has 1 heterocycles. The number of rotatable bonds is 4. The molecule has 0 saturated heterocycles. The minimum atomic E-state index is -2.91. The molecule has 0 spiro atoms. The molecule has 0 radical (unpaired) electrons. The van der Waals surface area contributed by atoms with E-state index in [-0.39, 0.29) is 23.6 Å². The lowest BCUT2D eigenvalue weighted by Gasteiger charge is -2.12. The van der Waals surface area contributed by atoms with Crippen LogP contribution in [0.5, 0.6) is 5.88 Å². The molecule has 0 aliphatic rings. The van der Waals surface area contributed by atoms with Gasteiger partial charge < -0.3 is 15.2 Å². The quantitative estimate of drug-likeness (QED) is 0.810. The van der Waals surface area contributed by atoms with Crippen LogP contribution in [0.3, 0.4) is 0 Å². The summed E-state index contributed by atoms with van der Waals surface area (Å²) in [6.07, 6.45) is -2.91. The zero-order valence-corrected chi connectivity index (χ0v) is 9.37. The Hall–Kier alpha value is -1.76. The number of nitrogens with two attached hydrogens (primary N) is 1. The van der Waals surface area contributed by atoms with Gasteiger partial charge in [-0.2, -0.15) is 0 Å². The highest BCUT2D eigenvalue weighted by molar-refractivity contribution is 5.92. The predicted octanol–water partition coefficient (Wildman–Crippen LogP) is 1.27. The minimum absolute atomic E-state index is 0.0200. The van der Waals surface area contributed by atoms with Crippen LogP contribution >= 0.6 is 0 Å². The molecule has 0 bridgehead atoms. The Morgan fingerprint density at radius 2 is 2.18 bits per heavy atom. The first-order chi connectivity index (χ1) is 8.04. The molecule has 2 N–H and O–H groups in total. The fraction of sp³-hybridized carbons (Fsp3) is 0.400. The Morgan fingerprint density at radius 1 is 1.53 bits per heavy atom. The summed E-state index contributed by atoms with van der Waals surface area (Å²) in [4.78, 5) is 15.0. The average molecular weight is 246 g/mol. The number of alkyl halides is 2. The molecule has 1 aromatic heterocycles. The van der Waals surface area contributed by atoms with Crippen molar-refractivity contribution in [3.8, 4) is 5.88 Å². The molecule has 1 rings (SSSR count). The maximum atomic E-state index is 12.8. The Balaban J connectivity index is 3.46. The topological polar surface area (TPSA) is 74.4 Å². The number of carbonyl (C=O) groups is 1. The van der Waals surface area contributed by atoms with E-state index in [1.165, 1.54) is 13.2 Å². The molecule has 0 fully saturated rings. The van der Waals surface area contributed by atoms with Crippen LogP contribution in [0.4, 0.5) is 8.78 Å². The molecule has 0 aliphatic carbocycles. The lowest BCUT2D eigenvalue weighted by Crippen LogP contribution is -2.15. The number of ether oxygens (including phenoxy) is 2. The van der Waals surface area contributed by atoms with Crippen molar-refractivity contribution in [3.05, 3.63) is 22.9 Å². The highest BCUT2D eigenvalue weighted by atomic mass is 19.3. The Labute approximate surface area is 96.5 Å². The highest BCUT2D eigenvalue weighted by Crippen LogP contribution is 2.27. The first-order valence-electron chi connectivity index (χ1n) is 4.69. The number of esters is 1. The molecule has 0 aromatic carbocycles. The Morgan fingerprint density at radius 3 is 2.59 bits per heavy atom. The van der Waals surface area contributed by atoms with Gasteiger partial charge in [-0.05, 0) is 5.56 Å². The van der Waals surface area contributed by atoms with Crippen molar-refractivity contribution < 1.29 is 23.0 Å². The third kappa shape index (κ3) is 2.68. The second-order valence-corrected chi connectivity index (χ2v) is 3.08. The first kappa shape index (κ1) is 13.3. The normalized spacial score (nSPS) is 10.5. The van der Waals surface area contributed by atoms with Gasteiger partial charge in [0.2, 0.25) is 5.88 Å². The molecule has 5 nitrogen and oxygen atoms in total. The van der Waals surface area contributed by atoms with E-state index in [1.54, 1.807) is 0 Å². The number of pyridine rings is 1. The monoisotopic (exact) mass is 246 g/mol. The van der Waals surface area contributed by atoms with E-state index < -0.39 is 18.1 Å². The van der Waals surface area contributed by atoms with Crippen molar-refractivity contribution in [2.24, 2.45) is 5.73 Å². The van der Waals surface area contributed by atoms with Crippen molar-refractivity contribution >= 4 is 5.97 Å². The SMILES string of the molecule is COC(=O)c1c(CN)cc(OC)nc1C(F)F. The van der Waals surface area contributed by atoms with Crippen LogP contribution < -0.4 is 10.5 Å². The molecule has 0 atom stereocenters. The van der Waals surface area contributed by atoms with E-state index in [2.05, 4.69) is 9.72 Å². The number of nitrogens with zero attached hydrogens (tertiary/aromatic N) is 1. The third-order valence-corrected chi connectivity index (χ3v) is 2.13. The number of carbonyl (C=O) groups excluding carboxylic acids is 1. The highest BCUT2D eigenvalue weighted by Gasteiger charge is 2.25. The summed E-state index contributed by atoms with van der Waals surface area (Å²) in [7, 11) is 2.39. The maximum Gasteiger partial charge on any atom is 0.340 e. The number of methoxy groups -OCH3 is 2. The molecular weight excluding hydrogens is 234 g/mol. The van der Waals surface area contributed by atoms with E-state index in [4.69, 9.17) is 10.5 Å². The van der Waals surface area contributed by atoms with Gasteiger partial charge in [0.1, 0.15) is 5.69 Å². The fourth-order valence-corrected chi connectivity index (χ4v) is 1.35. The molecule has 0 unspecified atom stereocenters. The van der Waals surface area contributed by atoms with E-state index in [0.717, 1.165) is 7.11 Å². The summed E-state index contributed by atoms with van der Waals surface area (Å²) in [6.45, 7) is -0.0942. The number of hydrogen-bond donors (Lipinski definition) is 1. The number of aromatic nitrogens is 1. The maximum absolute atomic E-state index is 12.8. The smallest absolute Gasteiger partial charge is 0.340 e. The van der Waals surface area contributed by atoms with Gasteiger partial charge in [0.05, 0.1) is 19.8 Å². The van der Waals surface area contributed by atoms with Gasteiger partial charge in [0.15, 0.2) is 0 Å². The van der Waals surface area contributed by atoms with Crippen molar-refractivity contribution in [2.75, 3.05) is 14.2 Å². The first-order valence-corrected chi connectivity index (χ1v) is 4.69. The second-order valence-electron chi connectivity index (χ2n) is 3.08. The molecule has 17 heavy (non-hydrogen) atoms. The van der Waals surface area contributed by atoms with E-state index in [0.29, 0.717) is 0 Å². The van der Waals surface area contributed by atoms with Crippen LogP contribution in [0.2, 0.25) is 0 Å². The number of hydrogen-bond acceptors (Lipinski definition) is 5. The largest absolute Gasteiger partial charge is 0.481 e. The summed E-state index contributed by atoms with van der Waals surface area (Å²) >= 11 is 0. The van der Waals surface area contributed by atoms with Crippen molar-refractivity contribution in [3.63, 3.8) is 0 Å². The third-order valence-electron chi connectivity index (χ3n) is 2.13. The van der Waals surface area contributed by atoms with Gasteiger partial charge in [0.25, 0.3) is 6.43 Å². The molecule has 0 aliphatic heterocycles. The molecule has 7 heteroatoms. The van der Waals surface area contributed by atoms with Crippen LogP contribution in [0.1, 0.15) is 28.0 Å². The summed E-state index contributed by atoms with van der Waals surface area (Å²) in [5.74, 6) is -0.913. The average Bonchev–Trinajstić information content (AvgIpc) is 2.35. The number of halogens is 2. The van der Waals surface area contributed by atoms with E-state index in [9.17, 15) is 13.6 Å². The Bertz CT molecular complexity index is 424. The van der Waals surface area contributed by atoms with Crippen molar-refractivity contribution in [1.82, 2.24) is 4.98 Å².